The number of allylic oxidation sites excluding steroid dienone is 1. The van der Waals surface area contributed by atoms with Crippen molar-refractivity contribution in [2.45, 2.75) is 77.2 Å². The molecule has 0 saturated heterocycles. The Morgan fingerprint density at radius 1 is 1.00 bits per heavy atom. The topological polar surface area (TPSA) is 92.3 Å². The minimum absolute atomic E-state index is 0. The molecule has 1 atom stereocenters. The van der Waals surface area contributed by atoms with Gasteiger partial charge in [-0.3, -0.25) is 0 Å². The summed E-state index contributed by atoms with van der Waals surface area (Å²) in [4.78, 5) is 21.1. The van der Waals surface area contributed by atoms with Crippen molar-refractivity contribution in [2.24, 2.45) is 0 Å². The van der Waals surface area contributed by atoms with Gasteiger partial charge in [0, 0.05) is 5.97 Å². The van der Waals surface area contributed by atoms with Crippen LogP contribution in [0.25, 0.3) is 0 Å². The maximum absolute atomic E-state index is 10.8. The number of carbonyl (C=O) groups excluding carboxylic acids is 2. The number of carbonyl (C=O) groups is 2. The van der Waals surface area contributed by atoms with E-state index in [-0.39, 0.29) is 72.0 Å². The summed E-state index contributed by atoms with van der Waals surface area (Å²) in [5, 5.41) is 23.7. The number of hydrogen-bond donors (Lipinski definition) is 1. The molecule has 0 heterocycles. The van der Waals surface area contributed by atoms with Crippen LogP contribution in [0.4, 0.5) is 0 Å². The fourth-order valence-corrected chi connectivity index (χ4v) is 2.02. The van der Waals surface area contributed by atoms with Gasteiger partial charge in [0.2, 0.25) is 0 Å². The Bertz CT molecular complexity index is 325. The minimum Gasteiger partial charge on any atom is -0.550 e. The normalized spacial score (nSPS) is 11.3. The Hall–Kier alpha value is 0.480. The monoisotopic (exact) mass is 343 g/mol. The summed E-state index contributed by atoms with van der Waals surface area (Å²) in [6, 6.07) is -0.979. The van der Waals surface area contributed by atoms with Gasteiger partial charge in [0.1, 0.15) is 0 Å². The maximum Gasteiger partial charge on any atom is 1.00 e. The van der Waals surface area contributed by atoms with Gasteiger partial charge in [-0.15, -0.1) is 0 Å². The van der Waals surface area contributed by atoms with Crippen LogP contribution in [-0.2, 0) is 9.59 Å². The predicted molar refractivity (Wildman–Crippen MR) is 77.9 cm³/mol. The maximum atomic E-state index is 10.8. The largest absolute Gasteiger partial charge is 1.00 e. The van der Waals surface area contributed by atoms with Crippen molar-refractivity contribution < 1.29 is 78.9 Å². The quantitative estimate of drug-likeness (QED) is 0.252. The third-order valence-corrected chi connectivity index (χ3v) is 3.31. The molecule has 23 heavy (non-hydrogen) atoms. The first-order valence-corrected chi connectivity index (χ1v) is 7.89. The summed E-state index contributed by atoms with van der Waals surface area (Å²) < 4.78 is 0. The summed E-state index contributed by atoms with van der Waals surface area (Å²) in [5.74, 6) is -2.55. The van der Waals surface area contributed by atoms with Crippen molar-refractivity contribution in [3.05, 3.63) is 12.3 Å². The molecule has 0 aromatic rings. The summed E-state index contributed by atoms with van der Waals surface area (Å²) in [7, 11) is 0. The number of rotatable bonds is 14. The molecule has 0 aromatic heterocycles. The van der Waals surface area contributed by atoms with Crippen molar-refractivity contribution in [1.82, 2.24) is 5.32 Å². The molecule has 0 saturated carbocycles. The van der Waals surface area contributed by atoms with Crippen LogP contribution in [0.1, 0.15) is 71.1 Å². The van der Waals surface area contributed by atoms with E-state index in [0.717, 1.165) is 12.8 Å². The Kier molecular flexibility index (Phi) is 25.2. The fraction of sp³-hybridized carbons (Fsp3) is 0.750. The van der Waals surface area contributed by atoms with Crippen LogP contribution in [-0.4, -0.2) is 18.0 Å². The number of carboxylic acid groups (broad SMARTS) is 2. The number of nitrogens with one attached hydrogen (secondary N) is 1. The zero-order chi connectivity index (χ0) is 15.9. The molecular weight excluding hydrogens is 316 g/mol. The van der Waals surface area contributed by atoms with Gasteiger partial charge in [-0.2, -0.15) is 0 Å². The van der Waals surface area contributed by atoms with Gasteiger partial charge in [-0.1, -0.05) is 51.5 Å². The average Bonchev–Trinajstić information content (AvgIpc) is 2.43. The molecule has 0 aliphatic carbocycles. The van der Waals surface area contributed by atoms with E-state index in [0.29, 0.717) is 0 Å². The molecule has 0 aliphatic heterocycles. The number of unbranched alkanes of at least 4 members (excludes halogenated alkanes) is 7. The average molecular weight is 343 g/mol. The van der Waals surface area contributed by atoms with Gasteiger partial charge in [-0.05, 0) is 31.9 Å². The van der Waals surface area contributed by atoms with Crippen molar-refractivity contribution in [1.29, 1.82) is 0 Å². The van der Waals surface area contributed by atoms with Crippen molar-refractivity contribution in [3.8, 4) is 0 Å². The van der Waals surface area contributed by atoms with Crippen LogP contribution in [0, 0.1) is 0 Å². The Labute approximate surface area is 184 Å². The third kappa shape index (κ3) is 20.4. The molecule has 0 radical (unpaired) electrons. The Morgan fingerprint density at radius 3 is 2.09 bits per heavy atom. The first-order chi connectivity index (χ1) is 10.1. The summed E-state index contributed by atoms with van der Waals surface area (Å²) in [5.41, 5.74) is 0. The Balaban J connectivity index is -0.00000200. The van der Waals surface area contributed by atoms with E-state index in [9.17, 15) is 19.8 Å². The van der Waals surface area contributed by atoms with E-state index in [1.54, 1.807) is 6.20 Å². The zero-order valence-corrected chi connectivity index (χ0v) is 18.9. The van der Waals surface area contributed by atoms with E-state index in [2.05, 4.69) is 12.2 Å². The molecule has 5 nitrogen and oxygen atoms in total. The predicted octanol–water partition coefficient (Wildman–Crippen LogP) is -5.11. The molecule has 122 valence electrons. The van der Waals surface area contributed by atoms with Crippen LogP contribution < -0.4 is 74.6 Å². The second-order valence-electron chi connectivity index (χ2n) is 5.26. The summed E-state index contributed by atoms with van der Waals surface area (Å²) in [6.45, 7) is 2.20. The molecule has 0 amide bonds. The number of carboxylic acids is 2. The van der Waals surface area contributed by atoms with Crippen molar-refractivity contribution >= 4 is 11.9 Å². The van der Waals surface area contributed by atoms with E-state index < -0.39 is 18.0 Å². The molecule has 0 aromatic carbocycles. The molecular formula is C16H27NNa2O4. The molecule has 7 heteroatoms. The first-order valence-electron chi connectivity index (χ1n) is 7.89. The van der Waals surface area contributed by atoms with Gasteiger partial charge in [-0.25, -0.2) is 0 Å². The van der Waals surface area contributed by atoms with Crippen LogP contribution in [0.5, 0.6) is 0 Å². The standard InChI is InChI=1S/C16H29NO4.2Na/c1-2-3-4-5-6-7-8-9-10-13-17-14(16(20)21)11-12-15(18)19;;/h10,13-14,17H,2-9,11-12H2,1H3,(H,18,19)(H,20,21);;/q;2*+1/p-2/t14-;;/m0../s1. The van der Waals surface area contributed by atoms with Crippen molar-refractivity contribution in [3.63, 3.8) is 0 Å². The second-order valence-corrected chi connectivity index (χ2v) is 5.26. The van der Waals surface area contributed by atoms with Gasteiger partial charge >= 0.3 is 59.1 Å². The molecule has 0 rings (SSSR count). The summed E-state index contributed by atoms with van der Waals surface area (Å²) >= 11 is 0. The van der Waals surface area contributed by atoms with Crippen LogP contribution in [0.15, 0.2) is 12.3 Å². The summed E-state index contributed by atoms with van der Waals surface area (Å²) in [6.07, 6.45) is 12.7. The third-order valence-electron chi connectivity index (χ3n) is 3.31. The van der Waals surface area contributed by atoms with E-state index in [1.807, 2.05) is 6.08 Å². The van der Waals surface area contributed by atoms with Crippen LogP contribution >= 0.6 is 0 Å². The first kappa shape index (κ1) is 28.3. The smallest absolute Gasteiger partial charge is 0.550 e. The van der Waals surface area contributed by atoms with E-state index >= 15 is 0 Å². The molecule has 1 N–H and O–H groups in total. The molecule has 0 bridgehead atoms. The molecule has 0 unspecified atom stereocenters. The SMILES string of the molecule is CCCCCCCCCC=CN[C@@H](CCC(=O)[O-])C(=O)[O-].[Na+].[Na+]. The number of hydrogen-bond acceptors (Lipinski definition) is 5. The van der Waals surface area contributed by atoms with Gasteiger partial charge in [0.25, 0.3) is 0 Å². The molecule has 0 aliphatic rings. The Morgan fingerprint density at radius 2 is 1.57 bits per heavy atom. The number of aliphatic carboxylic acids is 2. The zero-order valence-electron chi connectivity index (χ0n) is 14.9. The van der Waals surface area contributed by atoms with Gasteiger partial charge < -0.3 is 25.1 Å². The van der Waals surface area contributed by atoms with E-state index in [4.69, 9.17) is 0 Å². The molecule has 0 spiro atoms. The molecule has 0 fully saturated rings. The minimum atomic E-state index is -1.29. The van der Waals surface area contributed by atoms with Gasteiger partial charge in [0.15, 0.2) is 0 Å². The van der Waals surface area contributed by atoms with Crippen LogP contribution in [0.2, 0.25) is 0 Å². The second kappa shape index (κ2) is 20.5. The fourth-order valence-electron chi connectivity index (χ4n) is 2.02. The van der Waals surface area contributed by atoms with Crippen LogP contribution in [0.3, 0.4) is 0 Å². The van der Waals surface area contributed by atoms with Gasteiger partial charge in [0.05, 0.1) is 12.0 Å². The van der Waals surface area contributed by atoms with Crippen molar-refractivity contribution in [2.75, 3.05) is 0 Å². The van der Waals surface area contributed by atoms with E-state index in [1.165, 1.54) is 38.5 Å².